The van der Waals surface area contributed by atoms with E-state index in [0.29, 0.717) is 29.6 Å². The Kier molecular flexibility index (Phi) is 8.28. The first-order valence-electron chi connectivity index (χ1n) is 7.18. The Hall–Kier alpha value is -1.93. The van der Waals surface area contributed by atoms with Crippen molar-refractivity contribution in [1.29, 1.82) is 0 Å². The Morgan fingerprint density at radius 3 is 2.35 bits per heavy atom. The molecule has 1 rings (SSSR count). The molecule has 0 aromatic heterocycles. The SMILES string of the molecule is COC(=O)CCCNC(=S)NNC(=S)Nc1c(C)cccc1C. The Morgan fingerprint density at radius 1 is 1.13 bits per heavy atom. The smallest absolute Gasteiger partial charge is 0.305 e. The van der Waals surface area contributed by atoms with E-state index in [-0.39, 0.29) is 5.97 Å². The maximum atomic E-state index is 11.0. The Balaban J connectivity index is 2.28. The number of carbonyl (C=O) groups is 1. The lowest BCUT2D eigenvalue weighted by atomic mass is 10.1. The molecule has 1 aromatic carbocycles. The fourth-order valence-corrected chi connectivity index (χ4v) is 2.16. The molecule has 0 unspecified atom stereocenters. The minimum atomic E-state index is -0.234. The van der Waals surface area contributed by atoms with Gasteiger partial charge in [-0.15, -0.1) is 0 Å². The Labute approximate surface area is 147 Å². The van der Waals surface area contributed by atoms with Crippen LogP contribution in [0.3, 0.4) is 0 Å². The van der Waals surface area contributed by atoms with Crippen molar-refractivity contribution in [2.75, 3.05) is 19.0 Å². The number of para-hydroxylation sites is 1. The molecule has 0 saturated carbocycles. The number of methoxy groups -OCH3 is 1. The van der Waals surface area contributed by atoms with Crippen LogP contribution in [0.25, 0.3) is 0 Å². The highest BCUT2D eigenvalue weighted by Gasteiger charge is 2.04. The fraction of sp³-hybridized carbons (Fsp3) is 0.400. The number of hydrazine groups is 1. The molecule has 8 heteroatoms. The molecular weight excluding hydrogens is 332 g/mol. The van der Waals surface area contributed by atoms with E-state index < -0.39 is 0 Å². The first-order chi connectivity index (χ1) is 10.9. The molecule has 0 heterocycles. The molecule has 0 aliphatic carbocycles. The maximum Gasteiger partial charge on any atom is 0.305 e. The largest absolute Gasteiger partial charge is 0.469 e. The van der Waals surface area contributed by atoms with E-state index in [1.54, 1.807) is 0 Å². The van der Waals surface area contributed by atoms with Crippen LogP contribution in [0, 0.1) is 13.8 Å². The first-order valence-corrected chi connectivity index (χ1v) is 7.99. The van der Waals surface area contributed by atoms with Gasteiger partial charge in [0.1, 0.15) is 0 Å². The zero-order valence-corrected chi connectivity index (χ0v) is 15.1. The second-order valence-electron chi connectivity index (χ2n) is 4.91. The molecule has 1 aromatic rings. The van der Waals surface area contributed by atoms with Gasteiger partial charge in [-0.3, -0.25) is 15.6 Å². The van der Waals surface area contributed by atoms with Gasteiger partial charge in [-0.2, -0.15) is 0 Å². The van der Waals surface area contributed by atoms with Crippen LogP contribution in [-0.4, -0.2) is 29.8 Å². The average Bonchev–Trinajstić information content (AvgIpc) is 2.53. The van der Waals surface area contributed by atoms with E-state index in [1.807, 2.05) is 32.0 Å². The first kappa shape index (κ1) is 19.1. The summed E-state index contributed by atoms with van der Waals surface area (Å²) >= 11 is 10.3. The Bertz CT molecular complexity index is 558. The number of aryl methyl sites for hydroxylation is 2. The van der Waals surface area contributed by atoms with Crippen LogP contribution < -0.4 is 21.5 Å². The number of ether oxygens (including phenoxy) is 1. The normalized spacial score (nSPS) is 9.70. The topological polar surface area (TPSA) is 74.4 Å². The third-order valence-electron chi connectivity index (χ3n) is 3.08. The zero-order chi connectivity index (χ0) is 17.2. The lowest BCUT2D eigenvalue weighted by Gasteiger charge is -2.16. The molecule has 23 heavy (non-hydrogen) atoms. The predicted molar refractivity (Wildman–Crippen MR) is 100 cm³/mol. The third kappa shape index (κ3) is 7.25. The van der Waals surface area contributed by atoms with Crippen molar-refractivity contribution in [3.63, 3.8) is 0 Å². The van der Waals surface area contributed by atoms with Crippen LogP contribution in [-0.2, 0) is 9.53 Å². The summed E-state index contributed by atoms with van der Waals surface area (Å²) in [6, 6.07) is 6.02. The number of esters is 1. The summed E-state index contributed by atoms with van der Waals surface area (Å²) in [4.78, 5) is 11.0. The van der Waals surface area contributed by atoms with Crippen LogP contribution in [0.15, 0.2) is 18.2 Å². The molecule has 6 nitrogen and oxygen atoms in total. The molecule has 0 amide bonds. The van der Waals surface area contributed by atoms with Crippen molar-refractivity contribution < 1.29 is 9.53 Å². The monoisotopic (exact) mass is 354 g/mol. The Morgan fingerprint density at radius 2 is 1.74 bits per heavy atom. The zero-order valence-electron chi connectivity index (χ0n) is 13.5. The number of nitrogens with one attached hydrogen (secondary N) is 4. The van der Waals surface area contributed by atoms with Crippen LogP contribution in [0.1, 0.15) is 24.0 Å². The van der Waals surface area contributed by atoms with Gasteiger partial charge in [0.15, 0.2) is 10.2 Å². The van der Waals surface area contributed by atoms with E-state index >= 15 is 0 Å². The molecule has 0 aliphatic rings. The van der Waals surface area contributed by atoms with E-state index in [2.05, 4.69) is 26.2 Å². The van der Waals surface area contributed by atoms with Crippen molar-refractivity contribution in [1.82, 2.24) is 16.2 Å². The van der Waals surface area contributed by atoms with Crippen LogP contribution in [0.4, 0.5) is 5.69 Å². The average molecular weight is 355 g/mol. The number of rotatable bonds is 5. The number of hydrogen-bond acceptors (Lipinski definition) is 4. The summed E-state index contributed by atoms with van der Waals surface area (Å²) in [5.41, 5.74) is 8.81. The summed E-state index contributed by atoms with van der Waals surface area (Å²) in [7, 11) is 1.37. The minimum absolute atomic E-state index is 0.234. The third-order valence-corrected chi connectivity index (χ3v) is 3.53. The van der Waals surface area contributed by atoms with Gasteiger partial charge >= 0.3 is 5.97 Å². The highest BCUT2D eigenvalue weighted by Crippen LogP contribution is 2.18. The van der Waals surface area contributed by atoms with Gasteiger partial charge in [-0.25, -0.2) is 0 Å². The van der Waals surface area contributed by atoms with Crippen molar-refractivity contribution >= 4 is 46.3 Å². The standard InChI is InChI=1S/C15H22N4O2S2/c1-10-6-4-7-11(2)13(10)17-15(23)19-18-14(22)16-9-5-8-12(20)21-3/h4,6-7H,5,8-9H2,1-3H3,(H2,16,18,22)(H2,17,19,23). The molecule has 126 valence electrons. The van der Waals surface area contributed by atoms with Crippen LogP contribution in [0.5, 0.6) is 0 Å². The summed E-state index contributed by atoms with van der Waals surface area (Å²) in [6.07, 6.45) is 0.992. The number of thiocarbonyl (C=S) groups is 2. The quantitative estimate of drug-likeness (QED) is 0.277. The van der Waals surface area contributed by atoms with Gasteiger partial charge in [0.25, 0.3) is 0 Å². The van der Waals surface area contributed by atoms with E-state index in [0.717, 1.165) is 16.8 Å². The molecule has 0 fully saturated rings. The number of benzene rings is 1. The van der Waals surface area contributed by atoms with Crippen molar-refractivity contribution in [3.05, 3.63) is 29.3 Å². The number of hydrogen-bond donors (Lipinski definition) is 4. The fourth-order valence-electron chi connectivity index (χ4n) is 1.85. The maximum absolute atomic E-state index is 11.0. The van der Waals surface area contributed by atoms with Crippen molar-refractivity contribution in [2.45, 2.75) is 26.7 Å². The van der Waals surface area contributed by atoms with Gasteiger partial charge in [0, 0.05) is 18.7 Å². The van der Waals surface area contributed by atoms with Gasteiger partial charge in [-0.1, -0.05) is 18.2 Å². The van der Waals surface area contributed by atoms with Gasteiger partial charge in [0.05, 0.1) is 7.11 Å². The molecule has 0 bridgehead atoms. The minimum Gasteiger partial charge on any atom is -0.469 e. The van der Waals surface area contributed by atoms with Gasteiger partial charge in [-0.05, 0) is 55.8 Å². The van der Waals surface area contributed by atoms with E-state index in [1.165, 1.54) is 7.11 Å². The lowest BCUT2D eigenvalue weighted by molar-refractivity contribution is -0.140. The highest BCUT2D eigenvalue weighted by molar-refractivity contribution is 7.80. The summed E-state index contributed by atoms with van der Waals surface area (Å²) < 4.78 is 4.56. The molecular formula is C15H22N4O2S2. The van der Waals surface area contributed by atoms with Gasteiger partial charge < -0.3 is 15.4 Å². The molecule has 4 N–H and O–H groups in total. The molecule has 0 aliphatic heterocycles. The van der Waals surface area contributed by atoms with E-state index in [4.69, 9.17) is 24.4 Å². The predicted octanol–water partition coefficient (Wildman–Crippen LogP) is 1.92. The van der Waals surface area contributed by atoms with Crippen molar-refractivity contribution in [3.8, 4) is 0 Å². The van der Waals surface area contributed by atoms with E-state index in [9.17, 15) is 4.79 Å². The summed E-state index contributed by atoms with van der Waals surface area (Å²) in [5.74, 6) is -0.234. The molecule has 0 atom stereocenters. The van der Waals surface area contributed by atoms with Crippen molar-refractivity contribution in [2.24, 2.45) is 0 Å². The second kappa shape index (κ2) is 9.96. The molecule has 0 spiro atoms. The molecule has 0 radical (unpaired) electrons. The second-order valence-corrected chi connectivity index (χ2v) is 5.72. The number of carbonyl (C=O) groups excluding carboxylic acids is 1. The van der Waals surface area contributed by atoms with Crippen LogP contribution in [0.2, 0.25) is 0 Å². The van der Waals surface area contributed by atoms with Crippen LogP contribution >= 0.6 is 24.4 Å². The lowest BCUT2D eigenvalue weighted by Crippen LogP contribution is -2.48. The summed E-state index contributed by atoms with van der Waals surface area (Å²) in [5, 5.41) is 6.92. The molecule has 0 saturated heterocycles. The summed E-state index contributed by atoms with van der Waals surface area (Å²) in [6.45, 7) is 4.59. The number of anilines is 1. The highest BCUT2D eigenvalue weighted by atomic mass is 32.1. The van der Waals surface area contributed by atoms with Gasteiger partial charge in [0.2, 0.25) is 0 Å².